The van der Waals surface area contributed by atoms with Gasteiger partial charge in [0.05, 0.1) is 9.79 Å². The van der Waals surface area contributed by atoms with Crippen LogP contribution in [0.15, 0.2) is 67.3 Å². The summed E-state index contributed by atoms with van der Waals surface area (Å²) in [5.74, 6) is 0. The predicted octanol–water partition coefficient (Wildman–Crippen LogP) is 4.04. The highest BCUT2D eigenvalue weighted by atomic mass is 79.9. The first-order valence-electron chi connectivity index (χ1n) is 4.77. The molecular weight excluding hydrogens is 368 g/mol. The van der Waals surface area contributed by atoms with Gasteiger partial charge in [0.15, 0.2) is 0 Å². The van der Waals surface area contributed by atoms with E-state index in [0.29, 0.717) is 9.37 Å². The minimum absolute atomic E-state index is 0.262. The highest BCUT2D eigenvalue weighted by Crippen LogP contribution is 2.30. The largest absolute Gasteiger partial charge is 0.218 e. The molecule has 17 heavy (non-hydrogen) atoms. The maximum Gasteiger partial charge on any atom is 0.207 e. The molecule has 0 bridgehead atoms. The molecule has 5 heteroatoms. The molecule has 0 aromatic heterocycles. The van der Waals surface area contributed by atoms with E-state index in [1.165, 1.54) is 0 Å². The fourth-order valence-corrected chi connectivity index (χ4v) is 4.18. The zero-order valence-electron chi connectivity index (χ0n) is 8.60. The van der Waals surface area contributed by atoms with E-state index in [1.807, 2.05) is 0 Å². The van der Waals surface area contributed by atoms with Crippen LogP contribution in [0.25, 0.3) is 0 Å². The first-order valence-corrected chi connectivity index (χ1v) is 7.84. The Hall–Kier alpha value is -0.650. The van der Waals surface area contributed by atoms with Gasteiger partial charge in [-0.15, -0.1) is 0 Å². The maximum atomic E-state index is 12.4. The molecule has 0 amide bonds. The van der Waals surface area contributed by atoms with E-state index >= 15 is 0 Å². The standard InChI is InChI=1S/C12H8Br2O2S/c13-9-6-7-11(14)12(8-9)17(15,16)10-4-2-1-3-5-10/h1-8H. The molecule has 0 unspecified atom stereocenters. The second-order valence-electron chi connectivity index (χ2n) is 3.39. The molecule has 0 aliphatic rings. The van der Waals surface area contributed by atoms with E-state index in [-0.39, 0.29) is 4.90 Å². The van der Waals surface area contributed by atoms with Gasteiger partial charge >= 0.3 is 0 Å². The Labute approximate surface area is 117 Å². The predicted molar refractivity (Wildman–Crippen MR) is 73.7 cm³/mol. The van der Waals surface area contributed by atoms with E-state index in [4.69, 9.17) is 0 Å². The maximum absolute atomic E-state index is 12.4. The third-order valence-electron chi connectivity index (χ3n) is 2.24. The first-order chi connectivity index (χ1) is 8.01. The number of halogens is 2. The van der Waals surface area contributed by atoms with Crippen molar-refractivity contribution in [2.45, 2.75) is 9.79 Å². The Morgan fingerprint density at radius 2 is 1.53 bits per heavy atom. The van der Waals surface area contributed by atoms with Gasteiger partial charge in [0.2, 0.25) is 9.84 Å². The molecule has 2 aromatic rings. The molecule has 0 heterocycles. The summed E-state index contributed by atoms with van der Waals surface area (Å²) in [7, 11) is -3.47. The van der Waals surface area contributed by atoms with Gasteiger partial charge in [-0.1, -0.05) is 34.1 Å². The smallest absolute Gasteiger partial charge is 0.207 e. The van der Waals surface area contributed by atoms with Gasteiger partial charge in [-0.2, -0.15) is 0 Å². The summed E-state index contributed by atoms with van der Waals surface area (Å²) in [6.07, 6.45) is 0. The molecule has 2 aromatic carbocycles. The summed E-state index contributed by atoms with van der Waals surface area (Å²) in [5, 5.41) is 0. The Morgan fingerprint density at radius 1 is 0.882 bits per heavy atom. The molecule has 2 nitrogen and oxygen atoms in total. The molecule has 0 spiro atoms. The van der Waals surface area contributed by atoms with E-state index in [1.54, 1.807) is 48.5 Å². The fraction of sp³-hybridized carbons (Fsp3) is 0. The van der Waals surface area contributed by atoms with E-state index < -0.39 is 9.84 Å². The molecule has 0 aliphatic heterocycles. The molecule has 0 fully saturated rings. The number of hydrogen-bond donors (Lipinski definition) is 0. The molecule has 0 N–H and O–H groups in total. The molecule has 0 saturated carbocycles. The summed E-state index contributed by atoms with van der Waals surface area (Å²) in [5.41, 5.74) is 0. The van der Waals surface area contributed by atoms with Crippen LogP contribution < -0.4 is 0 Å². The molecule has 88 valence electrons. The average molecular weight is 376 g/mol. The van der Waals surface area contributed by atoms with Crippen molar-refractivity contribution >= 4 is 41.7 Å². The van der Waals surface area contributed by atoms with Gasteiger partial charge in [0.1, 0.15) is 0 Å². The first kappa shape index (κ1) is 12.8. The van der Waals surface area contributed by atoms with Crippen LogP contribution in [0.3, 0.4) is 0 Å². The highest BCUT2D eigenvalue weighted by Gasteiger charge is 2.20. The van der Waals surface area contributed by atoms with Gasteiger partial charge in [-0.25, -0.2) is 8.42 Å². The lowest BCUT2D eigenvalue weighted by Gasteiger charge is -2.07. The molecule has 0 saturated heterocycles. The summed E-state index contributed by atoms with van der Waals surface area (Å²) in [6, 6.07) is 13.5. The zero-order chi connectivity index (χ0) is 12.5. The van der Waals surface area contributed by atoms with Crippen molar-refractivity contribution in [2.24, 2.45) is 0 Å². The van der Waals surface area contributed by atoms with Crippen LogP contribution in [0.4, 0.5) is 0 Å². The normalized spacial score (nSPS) is 11.4. The van der Waals surface area contributed by atoms with Gasteiger partial charge in [0.25, 0.3) is 0 Å². The summed E-state index contributed by atoms with van der Waals surface area (Å²) in [4.78, 5) is 0.553. The monoisotopic (exact) mass is 374 g/mol. The summed E-state index contributed by atoms with van der Waals surface area (Å²) >= 11 is 6.54. The Kier molecular flexibility index (Phi) is 3.70. The van der Waals surface area contributed by atoms with Crippen molar-refractivity contribution in [1.82, 2.24) is 0 Å². The second kappa shape index (κ2) is 4.92. The van der Waals surface area contributed by atoms with Crippen LogP contribution in [0.1, 0.15) is 0 Å². The molecule has 0 radical (unpaired) electrons. The lowest BCUT2D eigenvalue weighted by molar-refractivity contribution is 0.595. The van der Waals surface area contributed by atoms with Gasteiger partial charge in [-0.3, -0.25) is 0 Å². The van der Waals surface area contributed by atoms with Crippen molar-refractivity contribution in [3.8, 4) is 0 Å². The van der Waals surface area contributed by atoms with Crippen molar-refractivity contribution in [1.29, 1.82) is 0 Å². The second-order valence-corrected chi connectivity index (χ2v) is 7.08. The van der Waals surface area contributed by atoms with Crippen molar-refractivity contribution in [3.63, 3.8) is 0 Å². The highest BCUT2D eigenvalue weighted by molar-refractivity contribution is 9.11. The summed E-state index contributed by atoms with van der Waals surface area (Å²) in [6.45, 7) is 0. The lowest BCUT2D eigenvalue weighted by atomic mass is 10.4. The lowest BCUT2D eigenvalue weighted by Crippen LogP contribution is -2.02. The van der Waals surface area contributed by atoms with Gasteiger partial charge in [-0.05, 0) is 46.3 Å². The number of rotatable bonds is 2. The third kappa shape index (κ3) is 2.61. The van der Waals surface area contributed by atoms with Crippen LogP contribution in [0.2, 0.25) is 0 Å². The number of benzene rings is 2. The summed E-state index contributed by atoms with van der Waals surface area (Å²) < 4.78 is 26.0. The average Bonchev–Trinajstić information content (AvgIpc) is 2.33. The Balaban J connectivity index is 2.64. The van der Waals surface area contributed by atoms with Crippen LogP contribution >= 0.6 is 31.9 Å². The quantitative estimate of drug-likeness (QED) is 0.793. The van der Waals surface area contributed by atoms with E-state index in [9.17, 15) is 8.42 Å². The Morgan fingerprint density at radius 3 is 2.18 bits per heavy atom. The van der Waals surface area contributed by atoms with Crippen LogP contribution in [-0.4, -0.2) is 8.42 Å². The molecule has 0 atom stereocenters. The minimum atomic E-state index is -3.47. The molecular formula is C12H8Br2O2S. The zero-order valence-corrected chi connectivity index (χ0v) is 12.6. The third-order valence-corrected chi connectivity index (χ3v) is 5.49. The van der Waals surface area contributed by atoms with Crippen molar-refractivity contribution in [3.05, 3.63) is 57.5 Å². The number of hydrogen-bond acceptors (Lipinski definition) is 2. The fourth-order valence-electron chi connectivity index (χ4n) is 1.41. The van der Waals surface area contributed by atoms with Crippen LogP contribution in [-0.2, 0) is 9.84 Å². The van der Waals surface area contributed by atoms with Crippen molar-refractivity contribution < 1.29 is 8.42 Å². The van der Waals surface area contributed by atoms with Crippen molar-refractivity contribution in [2.75, 3.05) is 0 Å². The SMILES string of the molecule is O=S(=O)(c1ccccc1)c1cc(Br)ccc1Br. The number of sulfone groups is 1. The molecule has 2 rings (SSSR count). The van der Waals surface area contributed by atoms with Gasteiger partial charge < -0.3 is 0 Å². The topological polar surface area (TPSA) is 34.1 Å². The van der Waals surface area contributed by atoms with Crippen LogP contribution in [0, 0.1) is 0 Å². The van der Waals surface area contributed by atoms with E-state index in [2.05, 4.69) is 31.9 Å². The Bertz CT molecular complexity index is 637. The van der Waals surface area contributed by atoms with E-state index in [0.717, 1.165) is 4.47 Å². The molecule has 0 aliphatic carbocycles. The minimum Gasteiger partial charge on any atom is -0.218 e. The van der Waals surface area contributed by atoms with Gasteiger partial charge in [0, 0.05) is 8.95 Å². The van der Waals surface area contributed by atoms with Crippen LogP contribution in [0.5, 0.6) is 0 Å².